The van der Waals surface area contributed by atoms with Gasteiger partial charge in [0.1, 0.15) is 0 Å². The van der Waals surface area contributed by atoms with Gasteiger partial charge in [-0.05, 0) is 50.0 Å². The number of esters is 1. The quantitative estimate of drug-likeness (QED) is 0.746. The number of ether oxygens (including phenoxy) is 1. The van der Waals surface area contributed by atoms with Gasteiger partial charge in [-0.25, -0.2) is 4.79 Å². The molecule has 0 saturated carbocycles. The number of likely N-dealkylation sites (tertiary alicyclic amines) is 1. The standard InChI is InChI=1S/C14H19NO2/c1-17-14(16)13-6-4-12(5-7-13)8-11-15-9-2-3-10-15/h4-7H,2-3,8-11H2,1H3. The van der Waals surface area contributed by atoms with Crippen molar-refractivity contribution in [2.75, 3.05) is 26.7 Å². The Hall–Kier alpha value is -1.35. The smallest absolute Gasteiger partial charge is 0.337 e. The highest BCUT2D eigenvalue weighted by Crippen LogP contribution is 2.10. The van der Waals surface area contributed by atoms with Crippen LogP contribution in [0.1, 0.15) is 28.8 Å². The first-order valence-corrected chi connectivity index (χ1v) is 6.19. The van der Waals surface area contributed by atoms with Gasteiger partial charge in [0.25, 0.3) is 0 Å². The van der Waals surface area contributed by atoms with E-state index in [1.54, 1.807) is 0 Å². The van der Waals surface area contributed by atoms with Gasteiger partial charge in [0.05, 0.1) is 12.7 Å². The molecule has 0 atom stereocenters. The van der Waals surface area contributed by atoms with E-state index >= 15 is 0 Å². The molecule has 1 aromatic rings. The fourth-order valence-electron chi connectivity index (χ4n) is 2.22. The van der Waals surface area contributed by atoms with Crippen molar-refractivity contribution in [2.24, 2.45) is 0 Å². The van der Waals surface area contributed by atoms with Crippen LogP contribution in [-0.2, 0) is 11.2 Å². The minimum absolute atomic E-state index is 0.268. The second kappa shape index (κ2) is 5.82. The van der Waals surface area contributed by atoms with Gasteiger partial charge in [-0.1, -0.05) is 12.1 Å². The van der Waals surface area contributed by atoms with E-state index in [2.05, 4.69) is 9.64 Å². The third-order valence-corrected chi connectivity index (χ3v) is 3.29. The van der Waals surface area contributed by atoms with E-state index in [-0.39, 0.29) is 5.97 Å². The van der Waals surface area contributed by atoms with Crippen molar-refractivity contribution in [2.45, 2.75) is 19.3 Å². The molecule has 0 aromatic heterocycles. The Morgan fingerprint density at radius 3 is 2.47 bits per heavy atom. The Morgan fingerprint density at radius 2 is 1.88 bits per heavy atom. The zero-order valence-corrected chi connectivity index (χ0v) is 10.3. The second-order valence-electron chi connectivity index (χ2n) is 4.49. The monoisotopic (exact) mass is 233 g/mol. The summed E-state index contributed by atoms with van der Waals surface area (Å²) in [6.07, 6.45) is 3.73. The highest BCUT2D eigenvalue weighted by molar-refractivity contribution is 5.89. The van der Waals surface area contributed by atoms with Gasteiger partial charge < -0.3 is 9.64 Å². The molecule has 0 N–H and O–H groups in total. The molecule has 0 bridgehead atoms. The van der Waals surface area contributed by atoms with Crippen molar-refractivity contribution in [3.05, 3.63) is 35.4 Å². The van der Waals surface area contributed by atoms with Crippen molar-refractivity contribution in [1.29, 1.82) is 0 Å². The van der Waals surface area contributed by atoms with Gasteiger partial charge in [0, 0.05) is 6.54 Å². The Kier molecular flexibility index (Phi) is 4.15. The van der Waals surface area contributed by atoms with Crippen LogP contribution in [0.15, 0.2) is 24.3 Å². The minimum atomic E-state index is -0.268. The van der Waals surface area contributed by atoms with E-state index in [9.17, 15) is 4.79 Å². The molecule has 1 aromatic carbocycles. The number of rotatable bonds is 4. The lowest BCUT2D eigenvalue weighted by Crippen LogP contribution is -2.21. The molecular formula is C14H19NO2. The average Bonchev–Trinajstić information content (AvgIpc) is 2.89. The Bertz CT molecular complexity index is 366. The van der Waals surface area contributed by atoms with Crippen LogP contribution in [0.2, 0.25) is 0 Å². The second-order valence-corrected chi connectivity index (χ2v) is 4.49. The molecule has 1 aliphatic heterocycles. The van der Waals surface area contributed by atoms with Crippen molar-refractivity contribution < 1.29 is 9.53 Å². The summed E-state index contributed by atoms with van der Waals surface area (Å²) in [7, 11) is 1.41. The number of methoxy groups -OCH3 is 1. The molecule has 3 heteroatoms. The molecule has 1 heterocycles. The summed E-state index contributed by atoms with van der Waals surface area (Å²) in [6, 6.07) is 7.71. The van der Waals surface area contributed by atoms with Gasteiger partial charge in [-0.15, -0.1) is 0 Å². The number of hydrogen-bond donors (Lipinski definition) is 0. The van der Waals surface area contributed by atoms with E-state index in [1.165, 1.54) is 38.6 Å². The van der Waals surface area contributed by atoms with Crippen LogP contribution in [0.3, 0.4) is 0 Å². The molecule has 0 radical (unpaired) electrons. The van der Waals surface area contributed by atoms with E-state index < -0.39 is 0 Å². The molecule has 3 nitrogen and oxygen atoms in total. The third kappa shape index (κ3) is 3.30. The maximum absolute atomic E-state index is 11.3. The van der Waals surface area contributed by atoms with Crippen LogP contribution >= 0.6 is 0 Å². The molecule has 1 aliphatic rings. The van der Waals surface area contributed by atoms with Crippen LogP contribution < -0.4 is 0 Å². The lowest BCUT2D eigenvalue weighted by atomic mass is 10.1. The van der Waals surface area contributed by atoms with Gasteiger partial charge in [-0.3, -0.25) is 0 Å². The number of benzene rings is 1. The average molecular weight is 233 g/mol. The molecule has 1 saturated heterocycles. The summed E-state index contributed by atoms with van der Waals surface area (Å²) >= 11 is 0. The number of nitrogens with zero attached hydrogens (tertiary/aromatic N) is 1. The fourth-order valence-corrected chi connectivity index (χ4v) is 2.22. The molecule has 0 aliphatic carbocycles. The zero-order chi connectivity index (χ0) is 12.1. The summed E-state index contributed by atoms with van der Waals surface area (Å²) in [5.74, 6) is -0.268. The molecule has 92 valence electrons. The fraction of sp³-hybridized carbons (Fsp3) is 0.500. The van der Waals surface area contributed by atoms with Crippen molar-refractivity contribution in [3.8, 4) is 0 Å². The van der Waals surface area contributed by atoms with Gasteiger partial charge in [0.2, 0.25) is 0 Å². The first kappa shape index (κ1) is 12.1. The highest BCUT2D eigenvalue weighted by atomic mass is 16.5. The molecule has 0 amide bonds. The van der Waals surface area contributed by atoms with Gasteiger partial charge in [-0.2, -0.15) is 0 Å². The molecular weight excluding hydrogens is 214 g/mol. The summed E-state index contributed by atoms with van der Waals surface area (Å²) in [6.45, 7) is 3.60. The van der Waals surface area contributed by atoms with E-state index in [4.69, 9.17) is 0 Å². The first-order valence-electron chi connectivity index (χ1n) is 6.19. The van der Waals surface area contributed by atoms with E-state index in [0.29, 0.717) is 5.56 Å². The predicted molar refractivity (Wildman–Crippen MR) is 67.2 cm³/mol. The Labute approximate surface area is 102 Å². The van der Waals surface area contributed by atoms with Crippen LogP contribution in [0, 0.1) is 0 Å². The number of carbonyl (C=O) groups excluding carboxylic acids is 1. The number of carbonyl (C=O) groups is 1. The summed E-state index contributed by atoms with van der Waals surface area (Å²) in [4.78, 5) is 13.8. The number of hydrogen-bond acceptors (Lipinski definition) is 3. The lowest BCUT2D eigenvalue weighted by Gasteiger charge is -2.14. The van der Waals surface area contributed by atoms with Crippen LogP contribution in [0.5, 0.6) is 0 Å². The van der Waals surface area contributed by atoms with Gasteiger partial charge >= 0.3 is 5.97 Å². The largest absolute Gasteiger partial charge is 0.465 e. The SMILES string of the molecule is COC(=O)c1ccc(CCN2CCCC2)cc1. The topological polar surface area (TPSA) is 29.5 Å². The molecule has 2 rings (SSSR count). The van der Waals surface area contributed by atoms with E-state index in [1.807, 2.05) is 24.3 Å². The first-order chi connectivity index (χ1) is 8.29. The zero-order valence-electron chi connectivity index (χ0n) is 10.3. The summed E-state index contributed by atoms with van der Waals surface area (Å²) < 4.78 is 4.67. The third-order valence-electron chi connectivity index (χ3n) is 3.29. The molecule has 17 heavy (non-hydrogen) atoms. The van der Waals surface area contributed by atoms with Crippen molar-refractivity contribution in [1.82, 2.24) is 4.90 Å². The maximum atomic E-state index is 11.3. The predicted octanol–water partition coefficient (Wildman–Crippen LogP) is 2.11. The lowest BCUT2D eigenvalue weighted by molar-refractivity contribution is 0.0600. The molecule has 1 fully saturated rings. The summed E-state index contributed by atoms with van der Waals surface area (Å²) in [5, 5.41) is 0. The normalized spacial score (nSPS) is 16.1. The van der Waals surface area contributed by atoms with Crippen LogP contribution in [-0.4, -0.2) is 37.6 Å². The van der Waals surface area contributed by atoms with Crippen molar-refractivity contribution in [3.63, 3.8) is 0 Å². The van der Waals surface area contributed by atoms with Crippen molar-refractivity contribution >= 4 is 5.97 Å². The minimum Gasteiger partial charge on any atom is -0.465 e. The van der Waals surface area contributed by atoms with Crippen LogP contribution in [0.25, 0.3) is 0 Å². The Balaban J connectivity index is 1.87. The molecule has 0 unspecified atom stereocenters. The summed E-state index contributed by atoms with van der Waals surface area (Å²) in [5.41, 5.74) is 1.90. The molecule has 0 spiro atoms. The van der Waals surface area contributed by atoms with Gasteiger partial charge in [0.15, 0.2) is 0 Å². The highest BCUT2D eigenvalue weighted by Gasteiger charge is 2.11. The maximum Gasteiger partial charge on any atom is 0.337 e. The van der Waals surface area contributed by atoms with E-state index in [0.717, 1.165) is 13.0 Å². The van der Waals surface area contributed by atoms with Crippen LogP contribution in [0.4, 0.5) is 0 Å². The Morgan fingerprint density at radius 1 is 1.24 bits per heavy atom.